The predicted octanol–water partition coefficient (Wildman–Crippen LogP) is 4.82. The molecule has 96 valence electrons. The third-order valence-electron chi connectivity index (χ3n) is 3.42. The number of alkyl halides is 1. The molecule has 0 spiro atoms. The minimum Gasteiger partial charge on any atom is -0.253 e. The summed E-state index contributed by atoms with van der Waals surface area (Å²) in [5.74, 6) is 0.546. The van der Waals surface area contributed by atoms with Crippen LogP contribution in [0.15, 0.2) is 36.4 Å². The van der Waals surface area contributed by atoms with Crippen LogP contribution in [0, 0.1) is 5.92 Å². The van der Waals surface area contributed by atoms with E-state index in [0.717, 1.165) is 17.6 Å². The lowest BCUT2D eigenvalue weighted by Gasteiger charge is -2.16. The number of nitrogens with zero attached hydrogens (tertiary/aromatic N) is 1. The van der Waals surface area contributed by atoms with Crippen LogP contribution in [-0.4, -0.2) is 10.4 Å². The van der Waals surface area contributed by atoms with Crippen molar-refractivity contribution in [2.75, 3.05) is 0 Å². The molecule has 0 fully saturated rings. The standard InChI is InChI=1S/C16H20ClN/c1-3-6-12(2)15(17)11-14-10-9-13-7-4-5-8-16(13)18-14/h4-5,7-10,12,15H,3,6,11H2,1-2H3. The first-order chi connectivity index (χ1) is 8.70. The lowest BCUT2D eigenvalue weighted by molar-refractivity contribution is 0.492. The Bertz CT molecular complexity index is 509. The number of hydrogen-bond donors (Lipinski definition) is 0. The first kappa shape index (κ1) is 13.4. The summed E-state index contributed by atoms with van der Waals surface area (Å²) in [5, 5.41) is 1.37. The van der Waals surface area contributed by atoms with Gasteiger partial charge in [0.15, 0.2) is 0 Å². The van der Waals surface area contributed by atoms with Gasteiger partial charge in [0, 0.05) is 22.9 Å². The molecule has 1 nitrogen and oxygen atoms in total. The minimum absolute atomic E-state index is 0.179. The van der Waals surface area contributed by atoms with Gasteiger partial charge in [0.05, 0.1) is 5.52 Å². The predicted molar refractivity (Wildman–Crippen MR) is 79.2 cm³/mol. The highest BCUT2D eigenvalue weighted by molar-refractivity contribution is 6.20. The molecule has 0 bridgehead atoms. The van der Waals surface area contributed by atoms with Crippen molar-refractivity contribution < 1.29 is 0 Å². The summed E-state index contributed by atoms with van der Waals surface area (Å²) in [6, 6.07) is 12.4. The lowest BCUT2D eigenvalue weighted by Crippen LogP contribution is -2.15. The molecular formula is C16H20ClN. The third kappa shape index (κ3) is 3.23. The number of halogens is 1. The second kappa shape index (κ2) is 6.19. The molecule has 2 atom stereocenters. The van der Waals surface area contributed by atoms with Crippen LogP contribution in [0.1, 0.15) is 32.4 Å². The summed E-state index contributed by atoms with van der Waals surface area (Å²) in [6.07, 6.45) is 3.23. The van der Waals surface area contributed by atoms with E-state index < -0.39 is 0 Å². The van der Waals surface area contributed by atoms with E-state index in [-0.39, 0.29) is 5.38 Å². The average molecular weight is 262 g/mol. The van der Waals surface area contributed by atoms with Crippen molar-refractivity contribution in [3.05, 3.63) is 42.1 Å². The Balaban J connectivity index is 2.12. The fourth-order valence-electron chi connectivity index (χ4n) is 2.26. The fraction of sp³-hybridized carbons (Fsp3) is 0.438. The quantitative estimate of drug-likeness (QED) is 0.703. The van der Waals surface area contributed by atoms with Gasteiger partial charge in [0.1, 0.15) is 0 Å². The molecule has 2 aromatic rings. The van der Waals surface area contributed by atoms with Gasteiger partial charge in [-0.1, -0.05) is 44.5 Å². The minimum atomic E-state index is 0.179. The van der Waals surface area contributed by atoms with Gasteiger partial charge in [0.25, 0.3) is 0 Å². The van der Waals surface area contributed by atoms with Crippen LogP contribution in [0.4, 0.5) is 0 Å². The van der Waals surface area contributed by atoms with E-state index in [2.05, 4.69) is 43.1 Å². The molecule has 0 aliphatic rings. The van der Waals surface area contributed by atoms with Crippen molar-refractivity contribution in [1.82, 2.24) is 4.98 Å². The summed E-state index contributed by atoms with van der Waals surface area (Å²) in [4.78, 5) is 4.67. The van der Waals surface area contributed by atoms with Crippen LogP contribution in [-0.2, 0) is 6.42 Å². The van der Waals surface area contributed by atoms with Gasteiger partial charge in [-0.3, -0.25) is 4.98 Å². The van der Waals surface area contributed by atoms with Gasteiger partial charge < -0.3 is 0 Å². The Morgan fingerprint density at radius 1 is 1.17 bits per heavy atom. The molecule has 0 aliphatic carbocycles. The molecule has 1 aromatic heterocycles. The van der Waals surface area contributed by atoms with E-state index in [9.17, 15) is 0 Å². The molecule has 0 amide bonds. The number of aromatic nitrogens is 1. The molecular weight excluding hydrogens is 242 g/mol. The molecule has 2 unspecified atom stereocenters. The van der Waals surface area contributed by atoms with E-state index in [1.165, 1.54) is 18.2 Å². The normalized spacial score (nSPS) is 14.6. The van der Waals surface area contributed by atoms with E-state index >= 15 is 0 Å². The second-order valence-corrected chi connectivity index (χ2v) is 5.54. The molecule has 18 heavy (non-hydrogen) atoms. The van der Waals surface area contributed by atoms with Crippen molar-refractivity contribution >= 4 is 22.5 Å². The van der Waals surface area contributed by atoms with Crippen molar-refractivity contribution in [2.45, 2.75) is 38.5 Å². The van der Waals surface area contributed by atoms with Crippen molar-refractivity contribution in [2.24, 2.45) is 5.92 Å². The van der Waals surface area contributed by atoms with Gasteiger partial charge in [-0.15, -0.1) is 11.6 Å². The van der Waals surface area contributed by atoms with E-state index in [0.29, 0.717) is 5.92 Å². The maximum Gasteiger partial charge on any atom is 0.0705 e. The molecule has 0 saturated heterocycles. The monoisotopic (exact) mass is 261 g/mol. The smallest absolute Gasteiger partial charge is 0.0705 e. The highest BCUT2D eigenvalue weighted by Crippen LogP contribution is 2.21. The van der Waals surface area contributed by atoms with Crippen LogP contribution in [0.25, 0.3) is 10.9 Å². The zero-order valence-corrected chi connectivity index (χ0v) is 11.8. The number of benzene rings is 1. The van der Waals surface area contributed by atoms with Gasteiger partial charge in [0.2, 0.25) is 0 Å². The van der Waals surface area contributed by atoms with Gasteiger partial charge in [-0.25, -0.2) is 0 Å². The summed E-state index contributed by atoms with van der Waals surface area (Å²) in [7, 11) is 0. The average Bonchev–Trinajstić information content (AvgIpc) is 2.39. The maximum atomic E-state index is 6.46. The van der Waals surface area contributed by atoms with Crippen LogP contribution < -0.4 is 0 Å². The highest BCUT2D eigenvalue weighted by Gasteiger charge is 2.14. The van der Waals surface area contributed by atoms with Gasteiger partial charge in [-0.05, 0) is 24.5 Å². The van der Waals surface area contributed by atoms with E-state index in [4.69, 9.17) is 11.6 Å². The van der Waals surface area contributed by atoms with Crippen LogP contribution in [0.2, 0.25) is 0 Å². The first-order valence-corrected chi connectivity index (χ1v) is 7.13. The Hall–Kier alpha value is -1.08. The number of fused-ring (bicyclic) bond motifs is 1. The lowest BCUT2D eigenvalue weighted by atomic mass is 9.98. The number of hydrogen-bond acceptors (Lipinski definition) is 1. The van der Waals surface area contributed by atoms with Crippen molar-refractivity contribution in [1.29, 1.82) is 0 Å². The van der Waals surface area contributed by atoms with E-state index in [1.807, 2.05) is 12.1 Å². The number of rotatable bonds is 5. The van der Waals surface area contributed by atoms with Crippen LogP contribution in [0.5, 0.6) is 0 Å². The fourth-order valence-corrected chi connectivity index (χ4v) is 2.54. The topological polar surface area (TPSA) is 12.9 Å². The van der Waals surface area contributed by atoms with Crippen molar-refractivity contribution in [3.63, 3.8) is 0 Å². The largest absolute Gasteiger partial charge is 0.253 e. The Morgan fingerprint density at radius 3 is 2.72 bits per heavy atom. The zero-order valence-electron chi connectivity index (χ0n) is 11.1. The number of pyridine rings is 1. The zero-order chi connectivity index (χ0) is 13.0. The molecule has 0 N–H and O–H groups in total. The first-order valence-electron chi connectivity index (χ1n) is 6.69. The summed E-state index contributed by atoms with van der Waals surface area (Å²) in [6.45, 7) is 4.43. The Labute approximate surface area is 114 Å². The number of para-hydroxylation sites is 1. The molecule has 0 radical (unpaired) electrons. The summed E-state index contributed by atoms with van der Waals surface area (Å²) in [5.41, 5.74) is 2.15. The molecule has 2 heteroatoms. The molecule has 1 aromatic carbocycles. The molecule has 0 aliphatic heterocycles. The van der Waals surface area contributed by atoms with Crippen LogP contribution >= 0.6 is 11.6 Å². The summed E-state index contributed by atoms with van der Waals surface area (Å²) >= 11 is 6.46. The molecule has 2 rings (SSSR count). The Morgan fingerprint density at radius 2 is 1.94 bits per heavy atom. The van der Waals surface area contributed by atoms with Gasteiger partial charge in [-0.2, -0.15) is 0 Å². The van der Waals surface area contributed by atoms with Gasteiger partial charge >= 0.3 is 0 Å². The molecule has 1 heterocycles. The Kier molecular flexibility index (Phi) is 4.60. The molecule has 0 saturated carbocycles. The second-order valence-electron chi connectivity index (χ2n) is 4.98. The SMILES string of the molecule is CCCC(C)C(Cl)Cc1ccc2ccccc2n1. The maximum absolute atomic E-state index is 6.46. The van der Waals surface area contributed by atoms with Crippen LogP contribution in [0.3, 0.4) is 0 Å². The van der Waals surface area contributed by atoms with E-state index in [1.54, 1.807) is 0 Å². The highest BCUT2D eigenvalue weighted by atomic mass is 35.5. The van der Waals surface area contributed by atoms with Crippen molar-refractivity contribution in [3.8, 4) is 0 Å². The third-order valence-corrected chi connectivity index (χ3v) is 4.01. The summed E-state index contributed by atoms with van der Waals surface area (Å²) < 4.78 is 0.